The summed E-state index contributed by atoms with van der Waals surface area (Å²) in [6, 6.07) is 6.62. The van der Waals surface area contributed by atoms with E-state index >= 15 is 0 Å². The smallest absolute Gasteiger partial charge is 0.352 e. The molecule has 0 saturated carbocycles. The van der Waals surface area contributed by atoms with Crippen LogP contribution in [0.4, 0.5) is 10.1 Å². The molecule has 1 aromatic carbocycles. The molecule has 0 aliphatic heterocycles. The summed E-state index contributed by atoms with van der Waals surface area (Å²) in [7, 11) is -4.06. The summed E-state index contributed by atoms with van der Waals surface area (Å²) in [5, 5.41) is 13.0. The van der Waals surface area contributed by atoms with E-state index in [9.17, 15) is 17.6 Å². The molecular formula is C16H15FN4O4S. The minimum absolute atomic E-state index is 0.00542. The second-order valence-corrected chi connectivity index (χ2v) is 7.35. The summed E-state index contributed by atoms with van der Waals surface area (Å²) in [5.74, 6) is -1.94. The van der Waals surface area contributed by atoms with Gasteiger partial charge in [-0.3, -0.25) is 4.72 Å². The highest BCUT2D eigenvalue weighted by Gasteiger charge is 2.19. The largest absolute Gasteiger partial charge is 0.477 e. The molecule has 0 atom stereocenters. The maximum atomic E-state index is 14.4. The second kappa shape index (κ2) is 6.30. The van der Waals surface area contributed by atoms with Gasteiger partial charge in [0.15, 0.2) is 5.82 Å². The monoisotopic (exact) mass is 378 g/mol. The molecule has 0 amide bonds. The van der Waals surface area contributed by atoms with Gasteiger partial charge in [0.25, 0.3) is 10.0 Å². The predicted molar refractivity (Wildman–Crippen MR) is 91.6 cm³/mol. The number of hydrogen-bond acceptors (Lipinski definition) is 4. The lowest BCUT2D eigenvalue weighted by molar-refractivity contribution is 0.0691. The van der Waals surface area contributed by atoms with Crippen molar-refractivity contribution < 1.29 is 22.7 Å². The van der Waals surface area contributed by atoms with Crippen molar-refractivity contribution in [3.63, 3.8) is 0 Å². The van der Waals surface area contributed by atoms with E-state index in [1.165, 1.54) is 16.8 Å². The van der Waals surface area contributed by atoms with Crippen molar-refractivity contribution in [2.45, 2.75) is 18.7 Å². The van der Waals surface area contributed by atoms with Crippen molar-refractivity contribution >= 4 is 21.7 Å². The fourth-order valence-electron chi connectivity index (χ4n) is 2.48. The highest BCUT2D eigenvalue weighted by atomic mass is 32.2. The number of nitrogens with one attached hydrogen (secondary N) is 2. The first-order valence-electron chi connectivity index (χ1n) is 7.45. The van der Waals surface area contributed by atoms with Gasteiger partial charge < -0.3 is 10.1 Å². The van der Waals surface area contributed by atoms with Gasteiger partial charge in [-0.2, -0.15) is 5.10 Å². The Balaban J connectivity index is 1.89. The average Bonchev–Trinajstić information content (AvgIpc) is 3.14. The van der Waals surface area contributed by atoms with Gasteiger partial charge in [-0.05, 0) is 38.1 Å². The summed E-state index contributed by atoms with van der Waals surface area (Å²) in [5.41, 5.74) is 1.40. The van der Waals surface area contributed by atoms with Gasteiger partial charge in [0.1, 0.15) is 16.3 Å². The Morgan fingerprint density at radius 3 is 2.54 bits per heavy atom. The van der Waals surface area contributed by atoms with Gasteiger partial charge in [-0.25, -0.2) is 22.3 Å². The number of carbonyl (C=O) groups is 1. The van der Waals surface area contributed by atoms with Crippen LogP contribution in [0.2, 0.25) is 0 Å². The van der Waals surface area contributed by atoms with Crippen LogP contribution in [0.15, 0.2) is 41.4 Å². The van der Waals surface area contributed by atoms with Gasteiger partial charge >= 0.3 is 5.97 Å². The van der Waals surface area contributed by atoms with Crippen molar-refractivity contribution in [2.24, 2.45) is 0 Å². The van der Waals surface area contributed by atoms with Crippen LogP contribution < -0.4 is 4.72 Å². The van der Waals surface area contributed by atoms with Gasteiger partial charge in [0, 0.05) is 18.0 Å². The molecule has 0 unspecified atom stereocenters. The summed E-state index contributed by atoms with van der Waals surface area (Å²) in [4.78, 5) is 12.9. The van der Waals surface area contributed by atoms with E-state index in [0.717, 1.165) is 29.7 Å². The first-order valence-corrected chi connectivity index (χ1v) is 8.93. The van der Waals surface area contributed by atoms with Crippen LogP contribution in [0.25, 0.3) is 5.69 Å². The molecule has 0 saturated heterocycles. The molecule has 0 aliphatic rings. The maximum absolute atomic E-state index is 14.4. The Bertz CT molecular complexity index is 1100. The number of sulfonamides is 1. The molecule has 3 aromatic rings. The van der Waals surface area contributed by atoms with Crippen LogP contribution in [-0.4, -0.2) is 34.3 Å². The number of aromatic amines is 1. The SMILES string of the molecule is Cc1cc(C)n(-c2ccc(NS(=O)(=O)c3c[nH]c(C(=O)O)c3)cc2F)n1. The molecule has 0 spiro atoms. The molecule has 10 heteroatoms. The van der Waals surface area contributed by atoms with Crippen LogP contribution in [0.3, 0.4) is 0 Å². The third kappa shape index (κ3) is 3.31. The molecule has 0 radical (unpaired) electrons. The van der Waals surface area contributed by atoms with E-state index in [1.54, 1.807) is 19.9 Å². The zero-order valence-corrected chi connectivity index (χ0v) is 14.6. The molecule has 0 fully saturated rings. The van der Waals surface area contributed by atoms with E-state index in [4.69, 9.17) is 5.11 Å². The molecule has 3 N–H and O–H groups in total. The summed E-state index contributed by atoms with van der Waals surface area (Å²) < 4.78 is 42.7. The Kier molecular flexibility index (Phi) is 4.28. The topological polar surface area (TPSA) is 117 Å². The fourth-order valence-corrected chi connectivity index (χ4v) is 3.52. The van der Waals surface area contributed by atoms with Gasteiger partial charge in [-0.1, -0.05) is 0 Å². The lowest BCUT2D eigenvalue weighted by Gasteiger charge is -2.10. The number of aryl methyl sites for hydroxylation is 2. The van der Waals surface area contributed by atoms with E-state index in [-0.39, 0.29) is 22.0 Å². The molecule has 2 aromatic heterocycles. The van der Waals surface area contributed by atoms with Gasteiger partial charge in [0.2, 0.25) is 0 Å². The van der Waals surface area contributed by atoms with E-state index in [0.29, 0.717) is 0 Å². The van der Waals surface area contributed by atoms with Crippen LogP contribution >= 0.6 is 0 Å². The van der Waals surface area contributed by atoms with Crippen LogP contribution in [0.5, 0.6) is 0 Å². The first-order chi connectivity index (χ1) is 12.2. The Hall–Kier alpha value is -3.14. The number of carboxylic acids is 1. The number of benzene rings is 1. The lowest BCUT2D eigenvalue weighted by Crippen LogP contribution is -2.13. The molecule has 2 heterocycles. The molecule has 8 nitrogen and oxygen atoms in total. The van der Waals surface area contributed by atoms with Crippen LogP contribution in [0.1, 0.15) is 21.9 Å². The quantitative estimate of drug-likeness (QED) is 0.630. The highest BCUT2D eigenvalue weighted by Crippen LogP contribution is 2.22. The van der Waals surface area contributed by atoms with Gasteiger partial charge in [0.05, 0.1) is 11.4 Å². The molecular weight excluding hydrogens is 363 g/mol. The zero-order chi connectivity index (χ0) is 19.1. The zero-order valence-electron chi connectivity index (χ0n) is 13.8. The average molecular weight is 378 g/mol. The van der Waals surface area contributed by atoms with E-state index in [2.05, 4.69) is 14.8 Å². The molecule has 0 aliphatic carbocycles. The number of carboxylic acid groups (broad SMARTS) is 1. The predicted octanol–water partition coefficient (Wildman–Crippen LogP) is 2.46. The number of anilines is 1. The number of hydrogen-bond donors (Lipinski definition) is 3. The summed E-state index contributed by atoms with van der Waals surface area (Å²) in [6.07, 6.45) is 1.05. The number of aromatic nitrogens is 3. The fraction of sp³-hybridized carbons (Fsp3) is 0.125. The minimum Gasteiger partial charge on any atom is -0.477 e. The molecule has 3 rings (SSSR count). The lowest BCUT2D eigenvalue weighted by atomic mass is 10.2. The Labute approximate surface area is 148 Å². The minimum atomic E-state index is -4.06. The number of rotatable bonds is 5. The number of H-pyrrole nitrogens is 1. The maximum Gasteiger partial charge on any atom is 0.352 e. The third-order valence-corrected chi connectivity index (χ3v) is 5.00. The number of aromatic carboxylic acids is 1. The van der Waals surface area contributed by atoms with Crippen molar-refractivity contribution in [3.8, 4) is 5.69 Å². The van der Waals surface area contributed by atoms with E-state index < -0.39 is 21.8 Å². The Morgan fingerprint density at radius 1 is 1.27 bits per heavy atom. The molecule has 136 valence electrons. The second-order valence-electron chi connectivity index (χ2n) is 5.66. The number of nitrogens with zero attached hydrogens (tertiary/aromatic N) is 2. The van der Waals surface area contributed by atoms with Crippen LogP contribution in [0, 0.1) is 19.7 Å². The molecule has 0 bridgehead atoms. The third-order valence-electron chi connectivity index (χ3n) is 3.63. The van der Waals surface area contributed by atoms with Crippen molar-refractivity contribution in [2.75, 3.05) is 4.72 Å². The van der Waals surface area contributed by atoms with Gasteiger partial charge in [-0.15, -0.1) is 0 Å². The molecule has 26 heavy (non-hydrogen) atoms. The Morgan fingerprint density at radius 2 is 2.00 bits per heavy atom. The van der Waals surface area contributed by atoms with Crippen molar-refractivity contribution in [3.05, 3.63) is 59.4 Å². The highest BCUT2D eigenvalue weighted by molar-refractivity contribution is 7.92. The first kappa shape index (κ1) is 17.7. The van der Waals surface area contributed by atoms with Crippen molar-refractivity contribution in [1.82, 2.24) is 14.8 Å². The van der Waals surface area contributed by atoms with E-state index in [1.807, 2.05) is 0 Å². The normalized spacial score (nSPS) is 11.5. The van der Waals surface area contributed by atoms with Crippen molar-refractivity contribution in [1.29, 1.82) is 0 Å². The standard InChI is InChI=1S/C16H15FN4O4S/c1-9-5-10(2)21(19-9)15-4-3-11(6-13(15)17)20-26(24,25)12-7-14(16(22)23)18-8-12/h3-8,18,20H,1-2H3,(H,22,23). The summed E-state index contributed by atoms with van der Waals surface area (Å²) >= 11 is 0. The summed E-state index contributed by atoms with van der Waals surface area (Å²) in [6.45, 7) is 3.56. The number of halogens is 1. The van der Waals surface area contributed by atoms with Crippen LogP contribution in [-0.2, 0) is 10.0 Å².